The summed E-state index contributed by atoms with van der Waals surface area (Å²) in [6.45, 7) is 3.38. The van der Waals surface area contributed by atoms with Crippen LogP contribution in [0.3, 0.4) is 0 Å². The van der Waals surface area contributed by atoms with E-state index in [1.54, 1.807) is 0 Å². The Morgan fingerprint density at radius 3 is 2.44 bits per heavy atom. The lowest BCUT2D eigenvalue weighted by Gasteiger charge is -2.41. The second-order valence-corrected chi connectivity index (χ2v) is 6.83. The SMILES string of the molecule is CC1CC(C2CCC(C#N)CC2)CC2CCOC12. The topological polar surface area (TPSA) is 33.0 Å². The summed E-state index contributed by atoms with van der Waals surface area (Å²) in [6, 6.07) is 2.45. The van der Waals surface area contributed by atoms with Crippen molar-refractivity contribution in [1.82, 2.24) is 0 Å². The number of nitriles is 1. The minimum Gasteiger partial charge on any atom is -0.378 e. The van der Waals surface area contributed by atoms with Crippen molar-refractivity contribution in [3.63, 3.8) is 0 Å². The van der Waals surface area contributed by atoms with Gasteiger partial charge in [-0.15, -0.1) is 0 Å². The second kappa shape index (κ2) is 5.21. The van der Waals surface area contributed by atoms with E-state index in [1.807, 2.05) is 0 Å². The summed E-state index contributed by atoms with van der Waals surface area (Å²) in [5.74, 6) is 3.77. The Kier molecular flexibility index (Phi) is 3.61. The fourth-order valence-electron chi connectivity index (χ4n) is 4.74. The summed E-state index contributed by atoms with van der Waals surface area (Å²) in [6.07, 6.45) is 9.52. The summed E-state index contributed by atoms with van der Waals surface area (Å²) in [4.78, 5) is 0. The van der Waals surface area contributed by atoms with Crippen molar-refractivity contribution in [3.05, 3.63) is 0 Å². The fraction of sp³-hybridized carbons (Fsp3) is 0.938. The van der Waals surface area contributed by atoms with Crippen LogP contribution < -0.4 is 0 Å². The Hall–Kier alpha value is -0.550. The van der Waals surface area contributed by atoms with Gasteiger partial charge < -0.3 is 4.74 Å². The molecule has 1 heterocycles. The Labute approximate surface area is 111 Å². The van der Waals surface area contributed by atoms with Gasteiger partial charge in [-0.25, -0.2) is 0 Å². The molecule has 0 aromatic heterocycles. The molecule has 0 spiro atoms. The van der Waals surface area contributed by atoms with Crippen molar-refractivity contribution >= 4 is 0 Å². The molecular formula is C16H25NO. The van der Waals surface area contributed by atoms with E-state index in [1.165, 1.54) is 32.1 Å². The lowest BCUT2D eigenvalue weighted by molar-refractivity contribution is -0.00536. The van der Waals surface area contributed by atoms with Gasteiger partial charge in [0.1, 0.15) is 0 Å². The molecular weight excluding hydrogens is 222 g/mol. The van der Waals surface area contributed by atoms with Gasteiger partial charge in [0.05, 0.1) is 12.2 Å². The molecule has 3 aliphatic rings. The largest absolute Gasteiger partial charge is 0.378 e. The minimum absolute atomic E-state index is 0.352. The molecule has 0 N–H and O–H groups in total. The molecule has 3 fully saturated rings. The van der Waals surface area contributed by atoms with Crippen LogP contribution in [0.25, 0.3) is 0 Å². The molecule has 0 aromatic rings. The van der Waals surface area contributed by atoms with E-state index < -0.39 is 0 Å². The highest BCUT2D eigenvalue weighted by molar-refractivity contribution is 4.94. The van der Waals surface area contributed by atoms with Gasteiger partial charge in [-0.05, 0) is 68.6 Å². The van der Waals surface area contributed by atoms with Crippen LogP contribution in [0.5, 0.6) is 0 Å². The highest BCUT2D eigenvalue weighted by Crippen LogP contribution is 2.46. The lowest BCUT2D eigenvalue weighted by Crippen LogP contribution is -2.36. The predicted molar refractivity (Wildman–Crippen MR) is 70.8 cm³/mol. The van der Waals surface area contributed by atoms with Crippen molar-refractivity contribution < 1.29 is 4.74 Å². The van der Waals surface area contributed by atoms with E-state index in [9.17, 15) is 0 Å². The first kappa shape index (κ1) is 12.5. The molecule has 4 atom stereocenters. The molecule has 2 aliphatic carbocycles. The molecule has 4 unspecified atom stereocenters. The standard InChI is InChI=1S/C16H25NO/c1-11-8-15(9-14-6-7-18-16(11)14)13-4-2-12(10-17)3-5-13/h11-16H,2-9H2,1H3. The minimum atomic E-state index is 0.352. The molecule has 0 bridgehead atoms. The molecule has 0 amide bonds. The summed E-state index contributed by atoms with van der Waals surface area (Å²) in [5.41, 5.74) is 0. The average Bonchev–Trinajstić information content (AvgIpc) is 2.88. The molecule has 2 saturated carbocycles. The third-order valence-electron chi connectivity index (χ3n) is 5.73. The highest BCUT2D eigenvalue weighted by Gasteiger charge is 2.42. The number of fused-ring (bicyclic) bond motifs is 1. The molecule has 0 radical (unpaired) electrons. The van der Waals surface area contributed by atoms with Gasteiger partial charge in [-0.1, -0.05) is 6.92 Å². The van der Waals surface area contributed by atoms with Crippen molar-refractivity contribution in [2.45, 2.75) is 58.0 Å². The predicted octanol–water partition coefficient (Wildman–Crippen LogP) is 3.77. The Morgan fingerprint density at radius 1 is 0.944 bits per heavy atom. The van der Waals surface area contributed by atoms with E-state index in [4.69, 9.17) is 10.00 Å². The van der Waals surface area contributed by atoms with E-state index >= 15 is 0 Å². The zero-order valence-corrected chi connectivity index (χ0v) is 11.5. The molecule has 2 nitrogen and oxygen atoms in total. The van der Waals surface area contributed by atoms with E-state index in [-0.39, 0.29) is 0 Å². The van der Waals surface area contributed by atoms with Crippen LogP contribution in [0.4, 0.5) is 0 Å². The zero-order chi connectivity index (χ0) is 12.5. The number of nitrogens with zero attached hydrogens (tertiary/aromatic N) is 1. The van der Waals surface area contributed by atoms with Crippen LogP contribution in [0.15, 0.2) is 0 Å². The summed E-state index contributed by atoms with van der Waals surface area (Å²) in [7, 11) is 0. The van der Waals surface area contributed by atoms with Crippen molar-refractivity contribution in [1.29, 1.82) is 5.26 Å². The third kappa shape index (κ3) is 2.30. The van der Waals surface area contributed by atoms with Crippen molar-refractivity contribution in [2.24, 2.45) is 29.6 Å². The third-order valence-corrected chi connectivity index (χ3v) is 5.73. The van der Waals surface area contributed by atoms with Crippen LogP contribution in [-0.4, -0.2) is 12.7 Å². The average molecular weight is 247 g/mol. The molecule has 1 saturated heterocycles. The molecule has 2 heteroatoms. The maximum Gasteiger partial charge on any atom is 0.0655 e. The quantitative estimate of drug-likeness (QED) is 0.706. The maximum atomic E-state index is 8.99. The first-order valence-corrected chi connectivity index (χ1v) is 7.79. The van der Waals surface area contributed by atoms with Crippen molar-refractivity contribution in [3.8, 4) is 6.07 Å². The molecule has 3 rings (SSSR count). The molecule has 1 aliphatic heterocycles. The first-order valence-electron chi connectivity index (χ1n) is 7.79. The van der Waals surface area contributed by atoms with Gasteiger partial charge in [0.25, 0.3) is 0 Å². The highest BCUT2D eigenvalue weighted by atomic mass is 16.5. The van der Waals surface area contributed by atoms with Gasteiger partial charge in [0.2, 0.25) is 0 Å². The maximum absolute atomic E-state index is 8.99. The normalized spacial score (nSPS) is 48.4. The molecule has 100 valence electrons. The monoisotopic (exact) mass is 247 g/mol. The van der Waals surface area contributed by atoms with Gasteiger partial charge in [0.15, 0.2) is 0 Å². The second-order valence-electron chi connectivity index (χ2n) is 6.83. The Morgan fingerprint density at radius 2 is 1.72 bits per heavy atom. The van der Waals surface area contributed by atoms with Gasteiger partial charge in [-0.2, -0.15) is 5.26 Å². The van der Waals surface area contributed by atoms with Crippen LogP contribution in [-0.2, 0) is 4.74 Å². The lowest BCUT2D eigenvalue weighted by atomic mass is 9.65. The smallest absolute Gasteiger partial charge is 0.0655 e. The van der Waals surface area contributed by atoms with Crippen LogP contribution >= 0.6 is 0 Å². The first-order chi connectivity index (χ1) is 8.78. The van der Waals surface area contributed by atoms with E-state index in [0.29, 0.717) is 12.0 Å². The number of ether oxygens (including phenoxy) is 1. The Balaban J connectivity index is 1.59. The summed E-state index contributed by atoms with van der Waals surface area (Å²) in [5, 5.41) is 8.99. The van der Waals surface area contributed by atoms with Crippen LogP contribution in [0, 0.1) is 40.9 Å². The van der Waals surface area contributed by atoms with Crippen LogP contribution in [0.2, 0.25) is 0 Å². The summed E-state index contributed by atoms with van der Waals surface area (Å²) >= 11 is 0. The van der Waals surface area contributed by atoms with Gasteiger partial charge in [0, 0.05) is 12.5 Å². The molecule has 18 heavy (non-hydrogen) atoms. The van der Waals surface area contributed by atoms with E-state index in [2.05, 4.69) is 13.0 Å². The fourth-order valence-corrected chi connectivity index (χ4v) is 4.74. The van der Waals surface area contributed by atoms with Gasteiger partial charge in [-0.3, -0.25) is 0 Å². The van der Waals surface area contributed by atoms with Gasteiger partial charge >= 0.3 is 0 Å². The van der Waals surface area contributed by atoms with E-state index in [0.717, 1.165) is 43.1 Å². The number of rotatable bonds is 1. The number of hydrogen-bond acceptors (Lipinski definition) is 2. The Bertz CT molecular complexity index is 326. The number of hydrogen-bond donors (Lipinski definition) is 0. The van der Waals surface area contributed by atoms with Crippen LogP contribution in [0.1, 0.15) is 51.9 Å². The summed E-state index contributed by atoms with van der Waals surface area (Å²) < 4.78 is 5.90. The van der Waals surface area contributed by atoms with Crippen molar-refractivity contribution in [2.75, 3.05) is 6.61 Å². The zero-order valence-electron chi connectivity index (χ0n) is 11.5. The molecule has 0 aromatic carbocycles.